The summed E-state index contributed by atoms with van der Waals surface area (Å²) in [6.07, 6.45) is 4.97. The van der Waals surface area contributed by atoms with E-state index in [-0.39, 0.29) is 17.1 Å². The first kappa shape index (κ1) is 23.8. The largest absolute Gasteiger partial charge is 0.494 e. The number of ether oxygens (including phenoxy) is 2. The van der Waals surface area contributed by atoms with Crippen LogP contribution in [0.15, 0.2) is 47.3 Å². The molecule has 1 fully saturated rings. The molecule has 0 spiro atoms. The van der Waals surface area contributed by atoms with Crippen molar-refractivity contribution >= 4 is 22.5 Å². The van der Waals surface area contributed by atoms with Gasteiger partial charge in [-0.3, -0.25) is 9.59 Å². The monoisotopic (exact) mass is 463 g/mol. The number of piperidine rings is 1. The number of amides is 1. The molecule has 7 heteroatoms. The normalized spacial score (nSPS) is 14.2. The highest BCUT2D eigenvalue weighted by Crippen LogP contribution is 2.32. The van der Waals surface area contributed by atoms with Crippen LogP contribution >= 0.6 is 0 Å². The van der Waals surface area contributed by atoms with Gasteiger partial charge in [0.05, 0.1) is 30.3 Å². The van der Waals surface area contributed by atoms with E-state index in [1.54, 1.807) is 12.1 Å². The average Bonchev–Trinajstić information content (AvgIpc) is 2.84. The van der Waals surface area contributed by atoms with Gasteiger partial charge in [0, 0.05) is 31.8 Å². The molecule has 0 aliphatic carbocycles. The zero-order valence-corrected chi connectivity index (χ0v) is 20.2. The van der Waals surface area contributed by atoms with Crippen molar-refractivity contribution in [2.24, 2.45) is 7.05 Å². The van der Waals surface area contributed by atoms with Gasteiger partial charge in [-0.15, -0.1) is 0 Å². The molecule has 0 saturated carbocycles. The molecule has 2 heterocycles. The molecule has 0 radical (unpaired) electrons. The van der Waals surface area contributed by atoms with Gasteiger partial charge < -0.3 is 24.3 Å². The van der Waals surface area contributed by atoms with Crippen LogP contribution in [0.3, 0.4) is 0 Å². The van der Waals surface area contributed by atoms with Gasteiger partial charge >= 0.3 is 0 Å². The van der Waals surface area contributed by atoms with Crippen molar-refractivity contribution in [2.45, 2.75) is 32.6 Å². The summed E-state index contributed by atoms with van der Waals surface area (Å²) in [5.41, 5.74) is 2.69. The SMILES string of the molecule is COc1c(-c2ccc(OCCCN3CCCCC3)cc2)n(C)c2ccc(NC(C)=O)cc2c1=O. The molecule has 0 atom stereocenters. The van der Waals surface area contributed by atoms with E-state index in [1.165, 1.54) is 46.4 Å². The number of methoxy groups -OCH3 is 1. The lowest BCUT2D eigenvalue weighted by atomic mass is 10.1. The number of nitrogens with one attached hydrogen (secondary N) is 1. The Balaban J connectivity index is 1.53. The summed E-state index contributed by atoms with van der Waals surface area (Å²) in [6.45, 7) is 5.61. The molecule has 0 unspecified atom stereocenters. The Labute approximate surface area is 200 Å². The highest BCUT2D eigenvalue weighted by Gasteiger charge is 2.18. The Bertz CT molecular complexity index is 1210. The fourth-order valence-electron chi connectivity index (χ4n) is 4.68. The maximum absolute atomic E-state index is 13.2. The molecule has 1 N–H and O–H groups in total. The van der Waals surface area contributed by atoms with E-state index >= 15 is 0 Å². The van der Waals surface area contributed by atoms with E-state index in [9.17, 15) is 9.59 Å². The number of carbonyl (C=O) groups excluding carboxylic acids is 1. The zero-order valence-electron chi connectivity index (χ0n) is 20.2. The topological polar surface area (TPSA) is 72.8 Å². The van der Waals surface area contributed by atoms with Crippen molar-refractivity contribution in [3.63, 3.8) is 0 Å². The van der Waals surface area contributed by atoms with Crippen LogP contribution in [0.1, 0.15) is 32.6 Å². The summed E-state index contributed by atoms with van der Waals surface area (Å²) in [5.74, 6) is 0.894. The van der Waals surface area contributed by atoms with E-state index in [0.717, 1.165) is 29.8 Å². The highest BCUT2D eigenvalue weighted by atomic mass is 16.5. The Morgan fingerprint density at radius 2 is 1.79 bits per heavy atom. The van der Waals surface area contributed by atoms with Crippen molar-refractivity contribution in [3.05, 3.63) is 52.7 Å². The number of rotatable bonds is 8. The van der Waals surface area contributed by atoms with Crippen LogP contribution in [0.4, 0.5) is 5.69 Å². The average molecular weight is 464 g/mol. The van der Waals surface area contributed by atoms with Gasteiger partial charge in [-0.2, -0.15) is 0 Å². The van der Waals surface area contributed by atoms with Gasteiger partial charge in [0.15, 0.2) is 5.75 Å². The molecule has 1 aliphatic heterocycles. The van der Waals surface area contributed by atoms with Crippen LogP contribution in [0.25, 0.3) is 22.2 Å². The van der Waals surface area contributed by atoms with Crippen molar-refractivity contribution in [1.29, 1.82) is 0 Å². The van der Waals surface area contributed by atoms with Gasteiger partial charge in [0.25, 0.3) is 0 Å². The van der Waals surface area contributed by atoms with Crippen LogP contribution in [-0.4, -0.2) is 48.7 Å². The predicted octanol–water partition coefficient (Wildman–Crippen LogP) is 4.43. The quantitative estimate of drug-likeness (QED) is 0.501. The van der Waals surface area contributed by atoms with Gasteiger partial charge in [-0.1, -0.05) is 6.42 Å². The van der Waals surface area contributed by atoms with E-state index in [2.05, 4.69) is 10.2 Å². The smallest absolute Gasteiger partial charge is 0.231 e. The molecule has 180 valence electrons. The first-order chi connectivity index (χ1) is 16.5. The van der Waals surface area contributed by atoms with E-state index in [4.69, 9.17) is 9.47 Å². The number of hydrogen-bond acceptors (Lipinski definition) is 5. The zero-order chi connectivity index (χ0) is 24.1. The minimum Gasteiger partial charge on any atom is -0.494 e. The Morgan fingerprint density at radius 1 is 1.06 bits per heavy atom. The maximum Gasteiger partial charge on any atom is 0.231 e. The highest BCUT2D eigenvalue weighted by molar-refractivity contribution is 5.93. The number of aromatic nitrogens is 1. The fourth-order valence-corrected chi connectivity index (χ4v) is 4.68. The first-order valence-electron chi connectivity index (χ1n) is 11.9. The number of hydrogen-bond donors (Lipinski definition) is 1. The molecule has 1 aromatic heterocycles. The molecular weight excluding hydrogens is 430 g/mol. The Kier molecular flexibility index (Phi) is 7.53. The third-order valence-electron chi connectivity index (χ3n) is 6.35. The second-order valence-corrected chi connectivity index (χ2v) is 8.81. The third kappa shape index (κ3) is 5.25. The number of likely N-dealkylation sites (tertiary alicyclic amines) is 1. The second-order valence-electron chi connectivity index (χ2n) is 8.81. The number of aryl methyl sites for hydroxylation is 1. The Hall–Kier alpha value is -3.32. The van der Waals surface area contributed by atoms with E-state index in [1.807, 2.05) is 41.9 Å². The molecular formula is C27H33N3O4. The van der Waals surface area contributed by atoms with Gasteiger partial charge in [0.1, 0.15) is 5.75 Å². The lowest BCUT2D eigenvalue weighted by molar-refractivity contribution is -0.114. The molecule has 4 rings (SSSR count). The minimum absolute atomic E-state index is 0.187. The summed E-state index contributed by atoms with van der Waals surface area (Å²) >= 11 is 0. The van der Waals surface area contributed by atoms with Crippen LogP contribution in [0.2, 0.25) is 0 Å². The van der Waals surface area contributed by atoms with Gasteiger partial charge in [-0.25, -0.2) is 0 Å². The predicted molar refractivity (Wildman–Crippen MR) is 136 cm³/mol. The molecule has 1 saturated heterocycles. The van der Waals surface area contributed by atoms with Crippen LogP contribution in [-0.2, 0) is 11.8 Å². The van der Waals surface area contributed by atoms with Gasteiger partial charge in [0.2, 0.25) is 11.3 Å². The van der Waals surface area contributed by atoms with Crippen molar-refractivity contribution < 1.29 is 14.3 Å². The summed E-state index contributed by atoms with van der Waals surface area (Å²) in [4.78, 5) is 27.2. The number of pyridine rings is 1. The first-order valence-corrected chi connectivity index (χ1v) is 11.9. The summed E-state index contributed by atoms with van der Waals surface area (Å²) in [7, 11) is 3.41. The number of carbonyl (C=O) groups is 1. The van der Waals surface area contributed by atoms with Crippen LogP contribution < -0.4 is 20.2 Å². The molecule has 1 amide bonds. The molecule has 34 heavy (non-hydrogen) atoms. The van der Waals surface area contributed by atoms with Crippen molar-refractivity contribution in [2.75, 3.05) is 38.7 Å². The summed E-state index contributed by atoms with van der Waals surface area (Å²) in [5, 5.41) is 3.22. The standard InChI is InChI=1S/C27H33N3O4/c1-19(31)28-21-10-13-24-23(18-21)26(32)27(33-3)25(29(24)2)20-8-11-22(12-9-20)34-17-7-16-30-14-5-4-6-15-30/h8-13,18H,4-7,14-17H2,1-3H3,(H,28,31). The third-order valence-corrected chi connectivity index (χ3v) is 6.35. The van der Waals surface area contributed by atoms with E-state index in [0.29, 0.717) is 23.4 Å². The molecule has 0 bridgehead atoms. The number of fused-ring (bicyclic) bond motifs is 1. The molecule has 2 aromatic carbocycles. The lowest BCUT2D eigenvalue weighted by Gasteiger charge is -2.26. The molecule has 3 aromatic rings. The number of nitrogens with zero attached hydrogens (tertiary/aromatic N) is 2. The lowest BCUT2D eigenvalue weighted by Crippen LogP contribution is -2.31. The second kappa shape index (κ2) is 10.7. The Morgan fingerprint density at radius 3 is 2.47 bits per heavy atom. The van der Waals surface area contributed by atoms with Crippen molar-refractivity contribution in [3.8, 4) is 22.8 Å². The maximum atomic E-state index is 13.2. The van der Waals surface area contributed by atoms with Crippen molar-refractivity contribution in [1.82, 2.24) is 9.47 Å². The molecule has 7 nitrogen and oxygen atoms in total. The molecule has 1 aliphatic rings. The minimum atomic E-state index is -0.212. The van der Waals surface area contributed by atoms with E-state index < -0.39 is 0 Å². The number of benzene rings is 2. The van der Waals surface area contributed by atoms with Crippen LogP contribution in [0.5, 0.6) is 11.5 Å². The van der Waals surface area contributed by atoms with Gasteiger partial charge in [-0.05, 0) is 74.8 Å². The summed E-state index contributed by atoms with van der Waals surface area (Å²) < 4.78 is 13.4. The van der Waals surface area contributed by atoms with Crippen LogP contribution in [0, 0.1) is 0 Å². The fraction of sp³-hybridized carbons (Fsp3) is 0.407. The summed E-state index contributed by atoms with van der Waals surface area (Å²) in [6, 6.07) is 13.1. The number of anilines is 1.